The summed E-state index contributed by atoms with van der Waals surface area (Å²) in [6, 6.07) is 7.03. The summed E-state index contributed by atoms with van der Waals surface area (Å²) < 4.78 is 5.77. The molecule has 6 heteroatoms. The van der Waals surface area contributed by atoms with E-state index >= 15 is 0 Å². The molecule has 5 nitrogen and oxygen atoms in total. The van der Waals surface area contributed by atoms with E-state index in [1.54, 1.807) is 24.3 Å². The van der Waals surface area contributed by atoms with Crippen LogP contribution in [0.1, 0.15) is 55.3 Å². The van der Waals surface area contributed by atoms with E-state index in [-0.39, 0.29) is 24.5 Å². The Bertz CT molecular complexity index is 606. The van der Waals surface area contributed by atoms with Crippen LogP contribution in [-0.2, 0) is 14.3 Å². The van der Waals surface area contributed by atoms with Crippen molar-refractivity contribution < 1.29 is 19.1 Å². The highest BCUT2D eigenvalue weighted by molar-refractivity contribution is 9.10. The second-order valence-corrected chi connectivity index (χ2v) is 7.03. The first-order valence-electron chi connectivity index (χ1n) is 8.15. The quantitative estimate of drug-likeness (QED) is 0.591. The van der Waals surface area contributed by atoms with Crippen LogP contribution in [-0.4, -0.2) is 30.3 Å². The van der Waals surface area contributed by atoms with Crippen molar-refractivity contribution in [2.45, 2.75) is 50.5 Å². The topological polar surface area (TPSA) is 72.5 Å². The number of hydrogen-bond donors (Lipinski definition) is 1. The summed E-state index contributed by atoms with van der Waals surface area (Å²) in [7, 11) is 1.34. The lowest BCUT2D eigenvalue weighted by atomic mass is 9.81. The molecule has 0 spiro atoms. The van der Waals surface area contributed by atoms with Gasteiger partial charge in [0.15, 0.2) is 5.78 Å². The number of carbonyl (C=O) groups is 3. The fourth-order valence-corrected chi connectivity index (χ4v) is 3.33. The van der Waals surface area contributed by atoms with Crippen molar-refractivity contribution in [3.05, 3.63) is 34.3 Å². The molecule has 0 bridgehead atoms. The minimum Gasteiger partial charge on any atom is -0.467 e. The summed E-state index contributed by atoms with van der Waals surface area (Å²) in [6.45, 7) is 0. The number of hydrogen-bond acceptors (Lipinski definition) is 4. The van der Waals surface area contributed by atoms with Crippen LogP contribution in [0.4, 0.5) is 0 Å². The van der Waals surface area contributed by atoms with Crippen LogP contribution in [0.5, 0.6) is 0 Å². The Morgan fingerprint density at radius 3 is 2.29 bits per heavy atom. The van der Waals surface area contributed by atoms with Gasteiger partial charge < -0.3 is 10.1 Å². The Morgan fingerprint density at radius 1 is 1.08 bits per heavy atom. The molecule has 1 aliphatic carbocycles. The van der Waals surface area contributed by atoms with E-state index in [9.17, 15) is 14.4 Å². The summed E-state index contributed by atoms with van der Waals surface area (Å²) in [4.78, 5) is 36.5. The monoisotopic (exact) mass is 395 g/mol. The number of rotatable bonds is 6. The highest BCUT2D eigenvalue weighted by atomic mass is 79.9. The average molecular weight is 396 g/mol. The molecule has 1 aliphatic rings. The molecular weight excluding hydrogens is 374 g/mol. The van der Waals surface area contributed by atoms with Gasteiger partial charge in [-0.2, -0.15) is 0 Å². The standard InChI is InChI=1S/C18H22BrNO4/c1-24-17(23)18(11-3-2-4-12-18)20-16(22)10-9-15(21)13-5-7-14(19)8-6-13/h5-8H,2-4,9-12H2,1H3,(H,20,22). The van der Waals surface area contributed by atoms with Gasteiger partial charge in [0.2, 0.25) is 5.91 Å². The predicted molar refractivity (Wildman–Crippen MR) is 93.7 cm³/mol. The molecule has 0 radical (unpaired) electrons. The minimum atomic E-state index is -0.926. The lowest BCUT2D eigenvalue weighted by molar-refractivity contribution is -0.152. The summed E-state index contributed by atoms with van der Waals surface area (Å²) >= 11 is 3.32. The maximum absolute atomic E-state index is 12.2. The molecule has 24 heavy (non-hydrogen) atoms. The normalized spacial score (nSPS) is 16.2. The largest absolute Gasteiger partial charge is 0.467 e. The maximum Gasteiger partial charge on any atom is 0.331 e. The SMILES string of the molecule is COC(=O)C1(NC(=O)CCC(=O)c2ccc(Br)cc2)CCCCC1. The molecule has 2 rings (SSSR count). The Kier molecular flexibility index (Phi) is 6.54. The zero-order valence-electron chi connectivity index (χ0n) is 13.8. The van der Waals surface area contributed by atoms with E-state index in [1.165, 1.54) is 7.11 Å². The second-order valence-electron chi connectivity index (χ2n) is 6.11. The van der Waals surface area contributed by atoms with Crippen molar-refractivity contribution in [1.82, 2.24) is 5.32 Å². The van der Waals surface area contributed by atoms with Gasteiger partial charge in [0.1, 0.15) is 5.54 Å². The van der Waals surface area contributed by atoms with E-state index in [2.05, 4.69) is 21.2 Å². The highest BCUT2D eigenvalue weighted by Crippen LogP contribution is 2.29. The van der Waals surface area contributed by atoms with E-state index in [0.717, 1.165) is 23.7 Å². The third-order valence-corrected chi connectivity index (χ3v) is 4.94. The van der Waals surface area contributed by atoms with Gasteiger partial charge in [-0.25, -0.2) is 4.79 Å². The third kappa shape index (κ3) is 4.66. The van der Waals surface area contributed by atoms with Crippen LogP contribution in [0.3, 0.4) is 0 Å². The number of ether oxygens (including phenoxy) is 1. The number of benzene rings is 1. The lowest BCUT2D eigenvalue weighted by Crippen LogP contribution is -2.56. The molecule has 1 fully saturated rings. The van der Waals surface area contributed by atoms with Crippen molar-refractivity contribution in [3.8, 4) is 0 Å². The summed E-state index contributed by atoms with van der Waals surface area (Å²) in [5.41, 5.74) is -0.351. The van der Waals surface area contributed by atoms with E-state index < -0.39 is 11.5 Å². The van der Waals surface area contributed by atoms with Gasteiger partial charge in [-0.15, -0.1) is 0 Å². The zero-order chi connectivity index (χ0) is 17.6. The van der Waals surface area contributed by atoms with Crippen LogP contribution < -0.4 is 5.32 Å². The van der Waals surface area contributed by atoms with Crippen molar-refractivity contribution in [1.29, 1.82) is 0 Å². The number of esters is 1. The summed E-state index contributed by atoms with van der Waals surface area (Å²) in [6.07, 6.45) is 4.17. The minimum absolute atomic E-state index is 0.0631. The fourth-order valence-electron chi connectivity index (χ4n) is 3.07. The first-order chi connectivity index (χ1) is 11.5. The Balaban J connectivity index is 1.92. The highest BCUT2D eigenvalue weighted by Gasteiger charge is 2.41. The molecule has 1 amide bonds. The first-order valence-corrected chi connectivity index (χ1v) is 8.94. The average Bonchev–Trinajstić information content (AvgIpc) is 2.60. The molecule has 1 saturated carbocycles. The van der Waals surface area contributed by atoms with Crippen LogP contribution in [0.2, 0.25) is 0 Å². The van der Waals surface area contributed by atoms with Gasteiger partial charge in [-0.3, -0.25) is 9.59 Å². The lowest BCUT2D eigenvalue weighted by Gasteiger charge is -2.35. The number of ketones is 1. The van der Waals surface area contributed by atoms with Crippen molar-refractivity contribution in [2.24, 2.45) is 0 Å². The maximum atomic E-state index is 12.2. The Morgan fingerprint density at radius 2 is 1.71 bits per heavy atom. The molecule has 0 aromatic heterocycles. The van der Waals surface area contributed by atoms with Crippen LogP contribution in [0, 0.1) is 0 Å². The number of nitrogens with one attached hydrogen (secondary N) is 1. The summed E-state index contributed by atoms with van der Waals surface area (Å²) in [5, 5.41) is 2.83. The fraction of sp³-hybridized carbons (Fsp3) is 0.500. The van der Waals surface area contributed by atoms with Gasteiger partial charge >= 0.3 is 5.97 Å². The Labute approximate surface area is 150 Å². The van der Waals surface area contributed by atoms with E-state index in [1.807, 2.05) is 0 Å². The molecule has 0 aliphatic heterocycles. The van der Waals surface area contributed by atoms with Gasteiger partial charge in [0.25, 0.3) is 0 Å². The molecule has 0 unspecified atom stereocenters. The van der Waals surface area contributed by atoms with Gasteiger partial charge in [0, 0.05) is 22.9 Å². The zero-order valence-corrected chi connectivity index (χ0v) is 15.4. The number of Topliss-reactive ketones (excluding diaryl/α,β-unsaturated/α-hetero) is 1. The Hall–Kier alpha value is -1.69. The number of methoxy groups -OCH3 is 1. The number of amides is 1. The van der Waals surface area contributed by atoms with E-state index in [0.29, 0.717) is 18.4 Å². The summed E-state index contributed by atoms with van der Waals surface area (Å²) in [5.74, 6) is -0.768. The van der Waals surface area contributed by atoms with Crippen molar-refractivity contribution in [2.75, 3.05) is 7.11 Å². The number of halogens is 1. The van der Waals surface area contributed by atoms with Gasteiger partial charge in [0.05, 0.1) is 7.11 Å². The second kappa shape index (κ2) is 8.42. The van der Waals surface area contributed by atoms with Crippen molar-refractivity contribution in [3.63, 3.8) is 0 Å². The molecular formula is C18H22BrNO4. The third-order valence-electron chi connectivity index (χ3n) is 4.41. The van der Waals surface area contributed by atoms with Crippen molar-refractivity contribution >= 4 is 33.6 Å². The molecule has 1 aromatic carbocycles. The molecule has 1 N–H and O–H groups in total. The van der Waals surface area contributed by atoms with Crippen LogP contribution >= 0.6 is 15.9 Å². The molecule has 1 aromatic rings. The first kappa shape index (κ1) is 18.6. The van der Waals surface area contributed by atoms with Crippen LogP contribution in [0.25, 0.3) is 0 Å². The number of carbonyl (C=O) groups excluding carboxylic acids is 3. The predicted octanol–water partition coefficient (Wildman–Crippen LogP) is 3.40. The molecule has 0 saturated heterocycles. The smallest absolute Gasteiger partial charge is 0.331 e. The molecule has 0 heterocycles. The van der Waals surface area contributed by atoms with E-state index in [4.69, 9.17) is 4.74 Å². The van der Waals surface area contributed by atoms with Gasteiger partial charge in [-0.05, 0) is 25.0 Å². The van der Waals surface area contributed by atoms with Gasteiger partial charge in [-0.1, -0.05) is 47.3 Å². The molecule has 0 atom stereocenters. The molecule has 130 valence electrons. The van der Waals surface area contributed by atoms with Crippen LogP contribution in [0.15, 0.2) is 28.7 Å².